The van der Waals surface area contributed by atoms with Crippen molar-refractivity contribution in [3.05, 3.63) is 170 Å². The van der Waals surface area contributed by atoms with Gasteiger partial charge in [-0.25, -0.2) is 4.98 Å². The summed E-state index contributed by atoms with van der Waals surface area (Å²) in [5.41, 5.74) is 7.96. The Hall–Kier alpha value is -5.81. The Labute approximate surface area is 291 Å². The van der Waals surface area contributed by atoms with Crippen molar-refractivity contribution in [3.63, 3.8) is 0 Å². The zero-order valence-electron chi connectivity index (χ0n) is 26.4. The van der Waals surface area contributed by atoms with Gasteiger partial charge in [-0.15, -0.1) is 22.7 Å². The van der Waals surface area contributed by atoms with Crippen LogP contribution in [0.15, 0.2) is 170 Å². The molecule has 0 spiro atoms. The molecule has 0 unspecified atom stereocenters. The number of thiazole rings is 1. The highest BCUT2D eigenvalue weighted by Gasteiger charge is 2.19. The number of hydrogen-bond acceptors (Lipinski definition) is 4. The number of hydrogen-bond donors (Lipinski definition) is 0. The summed E-state index contributed by atoms with van der Waals surface area (Å²) in [5.74, 6) is 0. The molecule has 2 heterocycles. The molecule has 0 aliphatic heterocycles. The van der Waals surface area contributed by atoms with Gasteiger partial charge >= 0.3 is 0 Å². The van der Waals surface area contributed by atoms with Gasteiger partial charge in [0.15, 0.2) is 0 Å². The third-order valence-electron chi connectivity index (χ3n) is 9.46. The van der Waals surface area contributed by atoms with Crippen LogP contribution in [0, 0.1) is 0 Å². The molecule has 0 amide bonds. The second-order valence-corrected chi connectivity index (χ2v) is 14.4. The monoisotopic (exact) mass is 660 g/mol. The van der Waals surface area contributed by atoms with Gasteiger partial charge in [0.25, 0.3) is 0 Å². The highest BCUT2D eigenvalue weighted by molar-refractivity contribution is 7.25. The summed E-state index contributed by atoms with van der Waals surface area (Å²) in [6.07, 6.45) is 0. The minimum atomic E-state index is 1.04. The molecule has 0 saturated heterocycles. The lowest BCUT2D eigenvalue weighted by atomic mass is 9.98. The quantitative estimate of drug-likeness (QED) is 0.171. The molecule has 0 radical (unpaired) electrons. The summed E-state index contributed by atoms with van der Waals surface area (Å²) in [6, 6.07) is 61.5. The summed E-state index contributed by atoms with van der Waals surface area (Å²) in [6.45, 7) is 0. The second kappa shape index (κ2) is 11.4. The SMILES string of the molecule is c1ccc(-c2nc3ccc4ccc5ccc(N(c6ccccc6)c6ccccc6-c6ccc7sc8ccccc8c7c6)cc5c4c3s2)cc1. The molecule has 8 aromatic carbocycles. The van der Waals surface area contributed by atoms with Gasteiger partial charge in [0, 0.05) is 48.1 Å². The van der Waals surface area contributed by atoms with E-state index in [9.17, 15) is 0 Å². The van der Waals surface area contributed by atoms with Crippen LogP contribution in [-0.2, 0) is 0 Å². The van der Waals surface area contributed by atoms with Gasteiger partial charge in [-0.1, -0.05) is 115 Å². The van der Waals surface area contributed by atoms with Crippen molar-refractivity contribution in [3.8, 4) is 21.7 Å². The third kappa shape index (κ3) is 4.72. The number of thiophene rings is 1. The van der Waals surface area contributed by atoms with Crippen molar-refractivity contribution < 1.29 is 0 Å². The molecule has 2 aromatic heterocycles. The fraction of sp³-hybridized carbons (Fsp3) is 0. The smallest absolute Gasteiger partial charge is 0.124 e. The van der Waals surface area contributed by atoms with E-state index >= 15 is 0 Å². The average molecular weight is 661 g/mol. The second-order valence-electron chi connectivity index (χ2n) is 12.4. The van der Waals surface area contributed by atoms with Gasteiger partial charge in [-0.2, -0.15) is 0 Å². The molecule has 49 heavy (non-hydrogen) atoms. The molecule has 10 rings (SSSR count). The zero-order chi connectivity index (χ0) is 32.3. The van der Waals surface area contributed by atoms with Crippen molar-refractivity contribution in [1.82, 2.24) is 4.98 Å². The largest absolute Gasteiger partial charge is 0.310 e. The number of nitrogens with zero attached hydrogens (tertiary/aromatic N) is 2. The van der Waals surface area contributed by atoms with E-state index in [4.69, 9.17) is 4.98 Å². The van der Waals surface area contributed by atoms with E-state index in [0.717, 1.165) is 33.1 Å². The van der Waals surface area contributed by atoms with Crippen molar-refractivity contribution in [1.29, 1.82) is 0 Å². The summed E-state index contributed by atoms with van der Waals surface area (Å²) in [5, 5.41) is 8.60. The summed E-state index contributed by atoms with van der Waals surface area (Å²) >= 11 is 3.64. The van der Waals surface area contributed by atoms with E-state index in [0.29, 0.717) is 0 Å². The molecule has 2 nitrogen and oxygen atoms in total. The fourth-order valence-electron chi connectivity index (χ4n) is 7.16. The number of aromatic nitrogens is 1. The lowest BCUT2D eigenvalue weighted by Gasteiger charge is -2.28. The molecular formula is C45H28N2S2. The summed E-state index contributed by atoms with van der Waals surface area (Å²) in [4.78, 5) is 7.49. The minimum absolute atomic E-state index is 1.04. The molecular weight excluding hydrogens is 633 g/mol. The van der Waals surface area contributed by atoms with Crippen LogP contribution in [0.3, 0.4) is 0 Å². The molecule has 0 atom stereocenters. The van der Waals surface area contributed by atoms with Gasteiger partial charge in [-0.3, -0.25) is 0 Å². The maximum Gasteiger partial charge on any atom is 0.124 e. The minimum Gasteiger partial charge on any atom is -0.310 e. The normalized spacial score (nSPS) is 11.7. The summed E-state index contributed by atoms with van der Waals surface area (Å²) in [7, 11) is 0. The Morgan fingerprint density at radius 1 is 0.449 bits per heavy atom. The third-order valence-corrected chi connectivity index (χ3v) is 11.8. The fourth-order valence-corrected chi connectivity index (χ4v) is 9.39. The van der Waals surface area contributed by atoms with E-state index in [1.807, 2.05) is 11.3 Å². The molecule has 0 aliphatic carbocycles. The number of benzene rings is 8. The van der Waals surface area contributed by atoms with Crippen LogP contribution in [0.25, 0.3) is 73.6 Å². The highest BCUT2D eigenvalue weighted by atomic mass is 32.1. The predicted octanol–water partition coefficient (Wildman–Crippen LogP) is 13.8. The van der Waals surface area contributed by atoms with Crippen LogP contribution in [0.5, 0.6) is 0 Å². The number of para-hydroxylation sites is 2. The average Bonchev–Trinajstić information content (AvgIpc) is 3.78. The lowest BCUT2D eigenvalue weighted by Crippen LogP contribution is -2.11. The Bertz CT molecular complexity index is 2830. The first-order valence-corrected chi connectivity index (χ1v) is 18.1. The number of fused-ring (bicyclic) bond motifs is 8. The van der Waals surface area contributed by atoms with Crippen LogP contribution >= 0.6 is 22.7 Å². The van der Waals surface area contributed by atoms with Crippen molar-refractivity contribution in [2.24, 2.45) is 0 Å². The molecule has 0 aliphatic rings. The first kappa shape index (κ1) is 28.2. The molecule has 0 fully saturated rings. The van der Waals surface area contributed by atoms with Crippen LogP contribution < -0.4 is 4.90 Å². The first-order valence-electron chi connectivity index (χ1n) is 16.5. The summed E-state index contributed by atoms with van der Waals surface area (Å²) < 4.78 is 3.86. The van der Waals surface area contributed by atoms with Gasteiger partial charge in [-0.05, 0) is 76.3 Å². The van der Waals surface area contributed by atoms with E-state index in [2.05, 4.69) is 175 Å². The van der Waals surface area contributed by atoms with Crippen LogP contribution in [-0.4, -0.2) is 4.98 Å². The van der Waals surface area contributed by atoms with E-state index in [1.54, 1.807) is 11.3 Å². The topological polar surface area (TPSA) is 16.1 Å². The standard InChI is InChI=1S/C45H28N2S2/c1-3-11-31(12-4-1)45-46-39-25-22-30-20-19-29-21-24-34(28-37(29)43(30)44(39)49-45)47(33-13-5-2-6-14-33)40-17-9-7-15-35(40)32-23-26-42-38(27-32)36-16-8-10-18-41(36)48-42/h1-28H. The first-order chi connectivity index (χ1) is 24.3. The Kier molecular flexibility index (Phi) is 6.57. The molecule has 0 N–H and O–H groups in total. The predicted molar refractivity (Wildman–Crippen MR) is 213 cm³/mol. The maximum atomic E-state index is 5.08. The van der Waals surface area contributed by atoms with E-state index in [-0.39, 0.29) is 0 Å². The van der Waals surface area contributed by atoms with Crippen molar-refractivity contribution >= 4 is 91.7 Å². The van der Waals surface area contributed by atoms with Gasteiger partial charge in [0.1, 0.15) is 5.01 Å². The van der Waals surface area contributed by atoms with E-state index in [1.165, 1.54) is 57.5 Å². The van der Waals surface area contributed by atoms with Gasteiger partial charge < -0.3 is 4.90 Å². The zero-order valence-corrected chi connectivity index (χ0v) is 28.0. The number of rotatable bonds is 5. The molecule has 10 aromatic rings. The molecule has 0 saturated carbocycles. The van der Waals surface area contributed by atoms with Crippen LogP contribution in [0.1, 0.15) is 0 Å². The molecule has 0 bridgehead atoms. The van der Waals surface area contributed by atoms with Crippen LogP contribution in [0.4, 0.5) is 17.1 Å². The maximum absolute atomic E-state index is 5.08. The van der Waals surface area contributed by atoms with Gasteiger partial charge in [0.05, 0.1) is 15.9 Å². The van der Waals surface area contributed by atoms with Crippen molar-refractivity contribution in [2.45, 2.75) is 0 Å². The Morgan fingerprint density at radius 3 is 2.06 bits per heavy atom. The Morgan fingerprint density at radius 2 is 1.16 bits per heavy atom. The Balaban J connectivity index is 1.20. The molecule has 4 heteroatoms. The van der Waals surface area contributed by atoms with Crippen molar-refractivity contribution in [2.75, 3.05) is 4.90 Å². The van der Waals surface area contributed by atoms with Crippen LogP contribution in [0.2, 0.25) is 0 Å². The van der Waals surface area contributed by atoms with Gasteiger partial charge in [0.2, 0.25) is 0 Å². The highest BCUT2D eigenvalue weighted by Crippen LogP contribution is 2.45. The lowest BCUT2D eigenvalue weighted by molar-refractivity contribution is 1.29. The molecule has 230 valence electrons. The van der Waals surface area contributed by atoms with E-state index < -0.39 is 0 Å². The number of anilines is 3.